The molecule has 0 aromatic heterocycles. The van der Waals surface area contributed by atoms with Gasteiger partial charge in [-0.1, -0.05) is 78.4 Å². The summed E-state index contributed by atoms with van der Waals surface area (Å²) in [6.45, 7) is 5.07. The van der Waals surface area contributed by atoms with Gasteiger partial charge in [-0.15, -0.1) is 0 Å². The number of nitrogens with zero attached hydrogens (tertiary/aromatic N) is 2. The minimum absolute atomic E-state index is 0.0843. The molecule has 2 amide bonds. The quantitative estimate of drug-likeness (QED) is 0.233. The van der Waals surface area contributed by atoms with Gasteiger partial charge in [-0.25, -0.2) is 12.8 Å². The molecule has 0 aliphatic rings. The molecule has 0 aliphatic carbocycles. The van der Waals surface area contributed by atoms with Crippen molar-refractivity contribution in [1.29, 1.82) is 0 Å². The Labute approximate surface area is 253 Å². The molecule has 7 nitrogen and oxygen atoms in total. The summed E-state index contributed by atoms with van der Waals surface area (Å²) in [5.41, 5.74) is 2.82. The van der Waals surface area contributed by atoms with Crippen LogP contribution in [0.25, 0.3) is 0 Å². The molecule has 0 heterocycles. The summed E-state index contributed by atoms with van der Waals surface area (Å²) >= 11 is 0. The molecule has 4 aromatic carbocycles. The van der Waals surface area contributed by atoms with Crippen LogP contribution in [-0.4, -0.2) is 43.8 Å². The maximum atomic E-state index is 14.3. The monoisotopic (exact) mass is 601 g/mol. The third-order valence-corrected chi connectivity index (χ3v) is 8.69. The molecular weight excluding hydrogens is 565 g/mol. The van der Waals surface area contributed by atoms with Gasteiger partial charge in [0.25, 0.3) is 10.0 Å². The van der Waals surface area contributed by atoms with Crippen LogP contribution < -0.4 is 9.62 Å². The van der Waals surface area contributed by atoms with Gasteiger partial charge < -0.3 is 10.2 Å². The lowest BCUT2D eigenvalue weighted by Gasteiger charge is -2.34. The number of rotatable bonds is 12. The van der Waals surface area contributed by atoms with Crippen molar-refractivity contribution in [2.45, 2.75) is 50.7 Å². The molecule has 4 rings (SSSR count). The molecule has 9 heteroatoms. The summed E-state index contributed by atoms with van der Waals surface area (Å²) in [7, 11) is -4.29. The van der Waals surface area contributed by atoms with Gasteiger partial charge in [0.2, 0.25) is 11.8 Å². The lowest BCUT2D eigenvalue weighted by molar-refractivity contribution is -0.140. The topological polar surface area (TPSA) is 86.8 Å². The minimum Gasteiger partial charge on any atom is -0.352 e. The first kappa shape index (κ1) is 31.4. The zero-order valence-corrected chi connectivity index (χ0v) is 25.3. The van der Waals surface area contributed by atoms with Crippen molar-refractivity contribution in [3.63, 3.8) is 0 Å². The predicted molar refractivity (Wildman–Crippen MR) is 166 cm³/mol. The first-order valence-electron chi connectivity index (χ1n) is 14.1. The van der Waals surface area contributed by atoms with Crippen LogP contribution in [0.3, 0.4) is 0 Å². The maximum absolute atomic E-state index is 14.3. The second-order valence-electron chi connectivity index (χ2n) is 10.7. The van der Waals surface area contributed by atoms with E-state index in [-0.39, 0.29) is 35.5 Å². The number of aryl methyl sites for hydroxylation is 1. The Morgan fingerprint density at radius 3 is 1.91 bits per heavy atom. The molecule has 1 unspecified atom stereocenters. The molecule has 0 radical (unpaired) electrons. The van der Waals surface area contributed by atoms with Crippen LogP contribution in [0, 0.1) is 12.7 Å². The molecule has 1 atom stereocenters. The zero-order chi connectivity index (χ0) is 31.0. The zero-order valence-electron chi connectivity index (χ0n) is 24.5. The number of amides is 2. The van der Waals surface area contributed by atoms with Gasteiger partial charge in [-0.3, -0.25) is 13.9 Å². The van der Waals surface area contributed by atoms with Gasteiger partial charge >= 0.3 is 0 Å². The van der Waals surface area contributed by atoms with Crippen LogP contribution in [0.4, 0.5) is 10.1 Å². The van der Waals surface area contributed by atoms with Crippen LogP contribution in [0.15, 0.2) is 114 Å². The summed E-state index contributed by atoms with van der Waals surface area (Å²) in [6.07, 6.45) is 0.229. The number of hydrogen-bond acceptors (Lipinski definition) is 4. The Morgan fingerprint density at radius 1 is 0.791 bits per heavy atom. The van der Waals surface area contributed by atoms with Crippen molar-refractivity contribution in [3.8, 4) is 0 Å². The van der Waals surface area contributed by atoms with Crippen LogP contribution in [0.1, 0.15) is 30.5 Å². The van der Waals surface area contributed by atoms with Crippen molar-refractivity contribution < 1.29 is 22.4 Å². The summed E-state index contributed by atoms with van der Waals surface area (Å²) in [5, 5.41) is 2.94. The van der Waals surface area contributed by atoms with Crippen molar-refractivity contribution >= 4 is 27.5 Å². The number of anilines is 1. The first-order valence-corrected chi connectivity index (χ1v) is 15.5. The number of halogens is 1. The van der Waals surface area contributed by atoms with Crippen LogP contribution in [-0.2, 0) is 32.6 Å². The van der Waals surface area contributed by atoms with Gasteiger partial charge in [0.15, 0.2) is 0 Å². The third kappa shape index (κ3) is 8.29. The van der Waals surface area contributed by atoms with E-state index in [1.54, 1.807) is 24.3 Å². The molecule has 0 saturated heterocycles. The Hall–Kier alpha value is -4.50. The van der Waals surface area contributed by atoms with E-state index in [4.69, 9.17) is 0 Å². The van der Waals surface area contributed by atoms with Crippen LogP contribution in [0.5, 0.6) is 0 Å². The highest BCUT2D eigenvalue weighted by Crippen LogP contribution is 2.26. The van der Waals surface area contributed by atoms with E-state index in [0.29, 0.717) is 0 Å². The molecule has 224 valence electrons. The second kappa shape index (κ2) is 14.1. The lowest BCUT2D eigenvalue weighted by Crippen LogP contribution is -2.54. The highest BCUT2D eigenvalue weighted by Gasteiger charge is 2.34. The summed E-state index contributed by atoms with van der Waals surface area (Å²) in [5.74, 6) is -1.48. The average molecular weight is 602 g/mol. The Bertz CT molecular complexity index is 1610. The molecule has 43 heavy (non-hydrogen) atoms. The van der Waals surface area contributed by atoms with Gasteiger partial charge in [0, 0.05) is 19.0 Å². The molecule has 4 aromatic rings. The van der Waals surface area contributed by atoms with E-state index in [0.717, 1.165) is 33.1 Å². The fourth-order valence-corrected chi connectivity index (χ4v) is 6.10. The normalized spacial score (nSPS) is 12.0. The van der Waals surface area contributed by atoms with E-state index < -0.39 is 34.3 Å². The first-order chi connectivity index (χ1) is 20.5. The van der Waals surface area contributed by atoms with E-state index in [1.165, 1.54) is 17.0 Å². The number of hydrogen-bond donors (Lipinski definition) is 1. The number of nitrogens with one attached hydrogen (secondary N) is 1. The molecule has 0 fully saturated rings. The molecule has 0 saturated carbocycles. The molecule has 1 N–H and O–H groups in total. The van der Waals surface area contributed by atoms with E-state index in [1.807, 2.05) is 81.4 Å². The van der Waals surface area contributed by atoms with Crippen molar-refractivity contribution in [2.75, 3.05) is 10.8 Å². The smallest absolute Gasteiger partial charge is 0.264 e. The standard InChI is InChI=1S/C34H36FN3O4S/c1-25(2)36-34(40)32(22-27-10-6-4-7-11-27)37(23-28-12-8-5-9-13-28)33(39)24-38(30-18-14-26(3)15-19-30)43(41,42)31-20-16-29(35)17-21-31/h4-21,25,32H,22-24H2,1-3H3,(H,36,40). The fourth-order valence-electron chi connectivity index (χ4n) is 4.69. The summed E-state index contributed by atoms with van der Waals surface area (Å²) < 4.78 is 42.6. The fraction of sp³-hybridized carbons (Fsp3) is 0.235. The SMILES string of the molecule is Cc1ccc(N(CC(=O)N(Cc2ccccc2)C(Cc2ccccc2)C(=O)NC(C)C)S(=O)(=O)c2ccc(F)cc2)cc1. The Morgan fingerprint density at radius 2 is 1.35 bits per heavy atom. The van der Waals surface area contributed by atoms with Crippen molar-refractivity contribution in [1.82, 2.24) is 10.2 Å². The third-order valence-electron chi connectivity index (χ3n) is 6.90. The average Bonchev–Trinajstić information content (AvgIpc) is 2.99. The van der Waals surface area contributed by atoms with Gasteiger partial charge in [0.05, 0.1) is 10.6 Å². The van der Waals surface area contributed by atoms with E-state index in [2.05, 4.69) is 5.32 Å². The predicted octanol–water partition coefficient (Wildman–Crippen LogP) is 5.49. The van der Waals surface area contributed by atoms with Crippen LogP contribution >= 0.6 is 0 Å². The van der Waals surface area contributed by atoms with E-state index in [9.17, 15) is 22.4 Å². The number of carbonyl (C=O) groups is 2. The highest BCUT2D eigenvalue weighted by atomic mass is 32.2. The molecule has 0 bridgehead atoms. The minimum atomic E-state index is -4.29. The number of carbonyl (C=O) groups excluding carboxylic acids is 2. The van der Waals surface area contributed by atoms with Crippen molar-refractivity contribution in [3.05, 3.63) is 132 Å². The van der Waals surface area contributed by atoms with E-state index >= 15 is 0 Å². The molecule has 0 aliphatic heterocycles. The number of benzene rings is 4. The van der Waals surface area contributed by atoms with Crippen molar-refractivity contribution in [2.24, 2.45) is 0 Å². The highest BCUT2D eigenvalue weighted by molar-refractivity contribution is 7.92. The van der Waals surface area contributed by atoms with Crippen LogP contribution in [0.2, 0.25) is 0 Å². The molecule has 0 spiro atoms. The summed E-state index contributed by atoms with van der Waals surface area (Å²) in [4.78, 5) is 29.3. The Balaban J connectivity index is 1.78. The number of sulfonamides is 1. The lowest BCUT2D eigenvalue weighted by atomic mass is 10.0. The maximum Gasteiger partial charge on any atom is 0.264 e. The largest absolute Gasteiger partial charge is 0.352 e. The summed E-state index contributed by atoms with van der Waals surface area (Å²) in [6, 6.07) is 28.8. The Kier molecular flexibility index (Phi) is 10.3. The van der Waals surface area contributed by atoms with Gasteiger partial charge in [-0.2, -0.15) is 0 Å². The molecular formula is C34H36FN3O4S. The van der Waals surface area contributed by atoms with Gasteiger partial charge in [0.1, 0.15) is 18.4 Å². The van der Waals surface area contributed by atoms with Gasteiger partial charge in [-0.05, 0) is 68.3 Å². The second-order valence-corrected chi connectivity index (χ2v) is 12.5.